The van der Waals surface area contributed by atoms with Crippen LogP contribution in [0.5, 0.6) is 0 Å². The second kappa shape index (κ2) is 12.6. The lowest BCUT2D eigenvalue weighted by atomic mass is 10.1. The van der Waals surface area contributed by atoms with Crippen molar-refractivity contribution in [1.29, 1.82) is 0 Å². The normalized spacial score (nSPS) is 12.0. The summed E-state index contributed by atoms with van der Waals surface area (Å²) in [5.41, 5.74) is 0.850. The second-order valence-electron chi connectivity index (χ2n) is 8.13. The Morgan fingerprint density at radius 2 is 1.54 bits per heavy atom. The number of hydrogen-bond donors (Lipinski definition) is 1. The fourth-order valence-corrected chi connectivity index (χ4v) is 5.60. The second-order valence-corrected chi connectivity index (χ2v) is 11.3. The molecule has 0 fully saturated rings. The summed E-state index contributed by atoms with van der Waals surface area (Å²) in [4.78, 5) is 27.7. The summed E-state index contributed by atoms with van der Waals surface area (Å²) < 4.78 is 28.3. The quantitative estimate of drug-likeness (QED) is 0.347. The lowest BCUT2D eigenvalue weighted by molar-refractivity contribution is -0.139. The summed E-state index contributed by atoms with van der Waals surface area (Å²) in [6.07, 6.45) is 0. The van der Waals surface area contributed by atoms with Gasteiger partial charge in [-0.15, -0.1) is 0 Å². The predicted octanol–water partition coefficient (Wildman–Crippen LogP) is 5.40. The molecule has 3 aromatic carbocycles. The average Bonchev–Trinajstić information content (AvgIpc) is 2.87. The number of carbonyl (C=O) groups is 2. The number of carbonyl (C=O) groups excluding carboxylic acids is 2. The van der Waals surface area contributed by atoms with E-state index >= 15 is 0 Å². The van der Waals surface area contributed by atoms with Gasteiger partial charge in [-0.25, -0.2) is 8.42 Å². The van der Waals surface area contributed by atoms with E-state index in [1.165, 1.54) is 29.2 Å². The molecular formula is C26H26Cl3N3O4S. The highest BCUT2D eigenvalue weighted by molar-refractivity contribution is 7.92. The molecule has 0 unspecified atom stereocenters. The molecule has 0 aromatic heterocycles. The van der Waals surface area contributed by atoms with E-state index < -0.39 is 28.5 Å². The largest absolute Gasteiger partial charge is 0.355 e. The van der Waals surface area contributed by atoms with Gasteiger partial charge >= 0.3 is 0 Å². The van der Waals surface area contributed by atoms with Crippen molar-refractivity contribution < 1.29 is 18.0 Å². The van der Waals surface area contributed by atoms with E-state index in [0.29, 0.717) is 32.9 Å². The Hall–Kier alpha value is -2.78. The Labute approximate surface area is 232 Å². The first-order valence-electron chi connectivity index (χ1n) is 11.4. The van der Waals surface area contributed by atoms with Crippen molar-refractivity contribution in [3.63, 3.8) is 0 Å². The van der Waals surface area contributed by atoms with Crippen LogP contribution in [0.2, 0.25) is 15.1 Å². The number of hydrogen-bond acceptors (Lipinski definition) is 4. The minimum atomic E-state index is -4.16. The maximum Gasteiger partial charge on any atom is 0.264 e. The number of sulfonamides is 1. The van der Waals surface area contributed by atoms with Gasteiger partial charge in [-0.3, -0.25) is 13.9 Å². The Kier molecular flexibility index (Phi) is 9.84. The first-order valence-corrected chi connectivity index (χ1v) is 14.0. The number of nitrogens with one attached hydrogen (secondary N) is 1. The molecule has 0 saturated heterocycles. The van der Waals surface area contributed by atoms with Crippen molar-refractivity contribution in [2.45, 2.75) is 31.3 Å². The fourth-order valence-electron chi connectivity index (χ4n) is 3.59. The molecule has 7 nitrogen and oxygen atoms in total. The first kappa shape index (κ1) is 28.8. The van der Waals surface area contributed by atoms with Crippen LogP contribution in [-0.4, -0.2) is 44.3 Å². The van der Waals surface area contributed by atoms with Crippen LogP contribution in [0.1, 0.15) is 19.4 Å². The van der Waals surface area contributed by atoms with Crippen LogP contribution < -0.4 is 9.62 Å². The number of benzene rings is 3. The number of halogens is 3. The number of anilines is 1. The number of likely N-dealkylation sites (N-methyl/N-ethyl adjacent to an activating group) is 1. The molecule has 0 aliphatic carbocycles. The molecule has 196 valence electrons. The van der Waals surface area contributed by atoms with E-state index in [-0.39, 0.29) is 17.3 Å². The number of nitrogens with zero attached hydrogens (tertiary/aromatic N) is 2. The van der Waals surface area contributed by atoms with Crippen molar-refractivity contribution in [3.8, 4) is 0 Å². The van der Waals surface area contributed by atoms with E-state index in [4.69, 9.17) is 34.8 Å². The van der Waals surface area contributed by atoms with Gasteiger partial charge in [0.05, 0.1) is 10.6 Å². The zero-order valence-electron chi connectivity index (χ0n) is 20.2. The Morgan fingerprint density at radius 1 is 0.919 bits per heavy atom. The van der Waals surface area contributed by atoms with Crippen molar-refractivity contribution in [2.24, 2.45) is 0 Å². The minimum absolute atomic E-state index is 0.0300. The number of para-hydroxylation sites is 1. The van der Waals surface area contributed by atoms with Crippen molar-refractivity contribution >= 4 is 62.3 Å². The summed E-state index contributed by atoms with van der Waals surface area (Å²) in [6, 6.07) is 17.9. The van der Waals surface area contributed by atoms with Gasteiger partial charge in [-0.1, -0.05) is 59.1 Å². The van der Waals surface area contributed by atoms with E-state index in [9.17, 15) is 18.0 Å². The van der Waals surface area contributed by atoms with Gasteiger partial charge in [-0.2, -0.15) is 0 Å². The lowest BCUT2D eigenvalue weighted by Gasteiger charge is -2.32. The smallest absolute Gasteiger partial charge is 0.264 e. The molecule has 3 rings (SSSR count). The summed E-state index contributed by atoms with van der Waals surface area (Å²) in [5.74, 6) is -0.973. The van der Waals surface area contributed by atoms with Crippen LogP contribution in [0.15, 0.2) is 77.7 Å². The fraction of sp³-hybridized carbons (Fsp3) is 0.231. The molecule has 0 spiro atoms. The van der Waals surface area contributed by atoms with Crippen LogP contribution in [0, 0.1) is 0 Å². The average molecular weight is 583 g/mol. The highest BCUT2D eigenvalue weighted by Crippen LogP contribution is 2.27. The molecule has 3 aromatic rings. The molecule has 37 heavy (non-hydrogen) atoms. The molecule has 0 radical (unpaired) electrons. The lowest BCUT2D eigenvalue weighted by Crippen LogP contribution is -2.51. The number of amides is 2. The predicted molar refractivity (Wildman–Crippen MR) is 148 cm³/mol. The van der Waals surface area contributed by atoms with Gasteiger partial charge < -0.3 is 10.2 Å². The SMILES string of the molecule is CCNC(=O)[C@@H](C)N(Cc1ccc(Cl)cc1Cl)C(=O)CN(c1ccccc1)S(=O)(=O)c1ccc(Cl)cc1. The van der Waals surface area contributed by atoms with Gasteiger partial charge in [0.1, 0.15) is 12.6 Å². The number of rotatable bonds is 10. The third-order valence-electron chi connectivity index (χ3n) is 5.60. The van der Waals surface area contributed by atoms with E-state index in [2.05, 4.69) is 5.32 Å². The molecule has 0 saturated carbocycles. The summed E-state index contributed by atoms with van der Waals surface area (Å²) >= 11 is 18.3. The highest BCUT2D eigenvalue weighted by atomic mass is 35.5. The van der Waals surface area contributed by atoms with Crippen molar-refractivity contribution in [3.05, 3.63) is 93.4 Å². The zero-order chi connectivity index (χ0) is 27.2. The standard InChI is InChI=1S/C26H26Cl3N3O4S/c1-3-30-26(34)18(2)31(16-19-9-10-21(28)15-24(19)29)25(33)17-32(22-7-5-4-6-8-22)37(35,36)23-13-11-20(27)12-14-23/h4-15,18H,3,16-17H2,1-2H3,(H,30,34)/t18-/m1/s1. The minimum Gasteiger partial charge on any atom is -0.355 e. The maximum absolute atomic E-state index is 13.7. The molecular weight excluding hydrogens is 557 g/mol. The van der Waals surface area contributed by atoms with Gasteiger partial charge in [0.25, 0.3) is 10.0 Å². The van der Waals surface area contributed by atoms with Crippen LogP contribution in [0.3, 0.4) is 0 Å². The Morgan fingerprint density at radius 3 is 2.14 bits per heavy atom. The topological polar surface area (TPSA) is 86.8 Å². The zero-order valence-corrected chi connectivity index (χ0v) is 23.3. The Balaban J connectivity index is 2.02. The van der Waals surface area contributed by atoms with E-state index in [1.54, 1.807) is 62.4 Å². The van der Waals surface area contributed by atoms with Crippen molar-refractivity contribution in [2.75, 3.05) is 17.4 Å². The molecule has 2 amide bonds. The van der Waals surface area contributed by atoms with Crippen molar-refractivity contribution in [1.82, 2.24) is 10.2 Å². The van der Waals surface area contributed by atoms with Gasteiger partial charge in [0, 0.05) is 28.2 Å². The summed E-state index contributed by atoms with van der Waals surface area (Å²) in [6.45, 7) is 3.13. The monoisotopic (exact) mass is 581 g/mol. The van der Waals surface area contributed by atoms with E-state index in [1.807, 2.05) is 0 Å². The molecule has 0 bridgehead atoms. The van der Waals surface area contributed by atoms with Crippen LogP contribution >= 0.6 is 34.8 Å². The maximum atomic E-state index is 13.7. The van der Waals surface area contributed by atoms with Crippen LogP contribution in [0.4, 0.5) is 5.69 Å². The van der Waals surface area contributed by atoms with Gasteiger partial charge in [0.2, 0.25) is 11.8 Å². The molecule has 0 heterocycles. The third kappa shape index (κ3) is 7.17. The van der Waals surface area contributed by atoms with Crippen LogP contribution in [-0.2, 0) is 26.2 Å². The van der Waals surface area contributed by atoms with Gasteiger partial charge in [-0.05, 0) is 67.9 Å². The summed E-state index contributed by atoms with van der Waals surface area (Å²) in [7, 11) is -4.16. The third-order valence-corrected chi connectivity index (χ3v) is 8.23. The summed E-state index contributed by atoms with van der Waals surface area (Å²) in [5, 5.41) is 3.83. The van der Waals surface area contributed by atoms with Crippen LogP contribution in [0.25, 0.3) is 0 Å². The first-order chi connectivity index (χ1) is 17.5. The Bertz CT molecular complexity index is 1350. The molecule has 1 N–H and O–H groups in total. The molecule has 11 heteroatoms. The molecule has 1 atom stereocenters. The van der Waals surface area contributed by atoms with Gasteiger partial charge in [0.15, 0.2) is 0 Å². The molecule has 0 aliphatic heterocycles. The highest BCUT2D eigenvalue weighted by Gasteiger charge is 2.32. The van der Waals surface area contributed by atoms with E-state index in [0.717, 1.165) is 4.31 Å². The molecule has 0 aliphatic rings.